The zero-order chi connectivity index (χ0) is 96.5. The molecule has 0 aliphatic heterocycles. The lowest BCUT2D eigenvalue weighted by molar-refractivity contribution is -0.143. The molecule has 0 aliphatic carbocycles. The molecule has 0 radical (unpaired) electrons. The number of benzene rings is 2. The fourth-order valence-corrected chi connectivity index (χ4v) is 20.6. The molecule has 0 saturated heterocycles. The number of esters is 2. The number of amides is 2. The second-order valence-corrected chi connectivity index (χ2v) is 42.5. The Labute approximate surface area is 835 Å². The van der Waals surface area contributed by atoms with E-state index in [1.165, 1.54) is 472 Å². The number of unbranched alkanes of at least 4 members (excludes halogenated alkanes) is 78. The molecule has 16 heteroatoms. The van der Waals surface area contributed by atoms with E-state index in [-0.39, 0.29) is 22.6 Å². The van der Waals surface area contributed by atoms with Gasteiger partial charge in [-0.05, 0) is 62.8 Å². The predicted octanol–water partition coefficient (Wildman–Crippen LogP) is 37.5. The van der Waals surface area contributed by atoms with Gasteiger partial charge >= 0.3 is 11.9 Å². The van der Waals surface area contributed by atoms with Crippen molar-refractivity contribution in [2.45, 2.75) is 593 Å². The zero-order valence-electron chi connectivity index (χ0n) is 89.2. The third-order valence-electron chi connectivity index (χ3n) is 27.2. The van der Waals surface area contributed by atoms with Crippen molar-refractivity contribution < 1.29 is 57.1 Å². The quantitative estimate of drug-likeness (QED) is 0.0365. The number of methoxy groups -OCH3 is 2. The third-order valence-corrected chi connectivity index (χ3v) is 29.6. The first-order valence-corrected chi connectivity index (χ1v) is 60.8. The van der Waals surface area contributed by atoms with Gasteiger partial charge in [-0.1, -0.05) is 564 Å². The van der Waals surface area contributed by atoms with Crippen LogP contribution in [0.4, 0.5) is 0 Å². The molecule has 0 saturated carbocycles. The van der Waals surface area contributed by atoms with Crippen LogP contribution in [0.3, 0.4) is 0 Å². The van der Waals surface area contributed by atoms with Crippen molar-refractivity contribution in [1.29, 1.82) is 0 Å². The van der Waals surface area contributed by atoms with Crippen molar-refractivity contribution in [2.24, 2.45) is 0 Å². The smallest absolute Gasteiger partial charge is 0.329 e. The highest BCUT2D eigenvalue weighted by Crippen LogP contribution is 2.42. The molecule has 2 aromatic carbocycles. The molecular weight excluding hydrogens is 1700 g/mol. The summed E-state index contributed by atoms with van der Waals surface area (Å²) in [6, 6.07) is 4.88. The first-order valence-electron chi connectivity index (χ1n) is 58.3. The molecule has 2 atom stereocenters. The molecule has 2 aromatic rings. The van der Waals surface area contributed by atoms with E-state index in [0.717, 1.165) is 103 Å². The minimum absolute atomic E-state index is 0.0944. The van der Waals surface area contributed by atoms with Crippen molar-refractivity contribution in [3.05, 3.63) is 35.4 Å². The van der Waals surface area contributed by atoms with Gasteiger partial charge in [0.25, 0.3) is 11.8 Å². The standard InChI is InChI=1S/C118H216N2O12S2/c1-9-15-21-27-33-39-45-51-57-63-69-75-81-87-93-127-109-99-105(100-110(128-94-88-82-76-70-64-58-52-46-40-34-28-22-16-10-2)113(109)131-97-91-85-79-73-67-61-55-49-43-37-31-25-19-13-5)115(121)119-107(117(123)125-7)103-133-134-104-108(118(124)126-8)120-116(122)106-101-111(129-95-89-83-77-71-65-59-53-47-41-35-29-23-17-11-3)114(132-98-92-86-80-74-68-62-56-50-44-38-32-26-20-14-6)112(102-106)130-96-90-84-78-72-66-60-54-48-42-36-30-24-18-12-4/h99-102,107-108H,9-98,103-104H2,1-8H3,(H,119,121)(H,120,122). The van der Waals surface area contributed by atoms with Gasteiger partial charge in [0.05, 0.1) is 53.9 Å². The largest absolute Gasteiger partial charge is 0.490 e. The summed E-state index contributed by atoms with van der Waals surface area (Å²) in [5.41, 5.74) is 0.578. The average Bonchev–Trinajstić information content (AvgIpc) is 0.815. The van der Waals surface area contributed by atoms with Crippen molar-refractivity contribution in [2.75, 3.05) is 65.4 Å². The Balaban J connectivity index is 2.47. The molecule has 0 bridgehead atoms. The summed E-state index contributed by atoms with van der Waals surface area (Å²) in [5.74, 6) is 0.931. The number of hydrogen-bond donors (Lipinski definition) is 2. The van der Waals surface area contributed by atoms with Crippen LogP contribution in [0.1, 0.15) is 602 Å². The molecule has 134 heavy (non-hydrogen) atoms. The summed E-state index contributed by atoms with van der Waals surface area (Å²) in [4.78, 5) is 57.6. The fraction of sp³-hybridized carbons (Fsp3) is 0.864. The van der Waals surface area contributed by atoms with Crippen LogP contribution < -0.4 is 39.1 Å². The molecule has 0 aromatic heterocycles. The van der Waals surface area contributed by atoms with E-state index in [0.29, 0.717) is 74.1 Å². The highest BCUT2D eigenvalue weighted by Gasteiger charge is 2.29. The molecule has 0 heterocycles. The van der Waals surface area contributed by atoms with Gasteiger partial charge in [-0.2, -0.15) is 0 Å². The Bertz CT molecular complexity index is 2600. The summed E-state index contributed by atoms with van der Waals surface area (Å²) in [7, 11) is 5.25. The van der Waals surface area contributed by atoms with Crippen LogP contribution in [0.5, 0.6) is 34.5 Å². The summed E-state index contributed by atoms with van der Waals surface area (Å²) in [6.07, 6.45) is 106. The number of carbonyl (C=O) groups is 4. The average molecular weight is 1920 g/mol. The fourth-order valence-electron chi connectivity index (χ4n) is 18.3. The normalized spacial score (nSPS) is 11.9. The van der Waals surface area contributed by atoms with Crippen molar-refractivity contribution in [1.82, 2.24) is 10.6 Å². The van der Waals surface area contributed by atoms with E-state index < -0.39 is 35.8 Å². The Morgan fingerprint density at radius 2 is 0.343 bits per heavy atom. The Morgan fingerprint density at radius 1 is 0.209 bits per heavy atom. The summed E-state index contributed by atoms with van der Waals surface area (Å²) >= 11 is 0. The van der Waals surface area contributed by atoms with Crippen LogP contribution in [-0.2, 0) is 19.1 Å². The molecule has 0 spiro atoms. The lowest BCUT2D eigenvalue weighted by Crippen LogP contribution is -2.44. The number of nitrogens with one attached hydrogen (secondary N) is 2. The van der Waals surface area contributed by atoms with Gasteiger partial charge < -0.3 is 48.5 Å². The van der Waals surface area contributed by atoms with E-state index in [1.54, 1.807) is 24.3 Å². The Morgan fingerprint density at radius 3 is 0.485 bits per heavy atom. The first-order chi connectivity index (χ1) is 66.1. The number of carbonyl (C=O) groups excluding carboxylic acids is 4. The van der Waals surface area contributed by atoms with E-state index in [9.17, 15) is 19.2 Å². The van der Waals surface area contributed by atoms with Gasteiger partial charge in [0.1, 0.15) is 12.1 Å². The Kier molecular flexibility index (Phi) is 93.0. The van der Waals surface area contributed by atoms with Gasteiger partial charge in [0.15, 0.2) is 23.0 Å². The van der Waals surface area contributed by atoms with Crippen LogP contribution in [0.2, 0.25) is 0 Å². The highest BCUT2D eigenvalue weighted by molar-refractivity contribution is 8.76. The van der Waals surface area contributed by atoms with E-state index in [2.05, 4.69) is 52.2 Å². The van der Waals surface area contributed by atoms with E-state index in [4.69, 9.17) is 37.9 Å². The maximum atomic E-state index is 14.9. The van der Waals surface area contributed by atoms with Crippen LogP contribution in [0.25, 0.3) is 0 Å². The number of rotatable bonds is 107. The lowest BCUT2D eigenvalue weighted by Gasteiger charge is -2.21. The SMILES string of the molecule is CCCCCCCCCCCCCCCCOc1cc(C(=O)NC(CSSCC(NC(=O)c2cc(OCCCCCCCCCCCCCCCC)c(OCCCCCCCCCCCCCCCC)c(OCCCCCCCCCCCCCCCC)c2)C(=O)OC)C(=O)OC)cc(OCCCCCCCCCCCCCCCC)c1OCCCCCCCCCCCCCCCC. The van der Waals surface area contributed by atoms with Crippen molar-refractivity contribution in [3.8, 4) is 34.5 Å². The summed E-state index contributed by atoms with van der Waals surface area (Å²) < 4.78 is 51.2. The highest BCUT2D eigenvalue weighted by atomic mass is 33.1. The van der Waals surface area contributed by atoms with Crippen LogP contribution in [0, 0.1) is 0 Å². The van der Waals surface area contributed by atoms with Crippen LogP contribution >= 0.6 is 21.6 Å². The molecule has 782 valence electrons. The number of ether oxygens (including phenoxy) is 8. The molecule has 2 N–H and O–H groups in total. The lowest BCUT2D eigenvalue weighted by atomic mass is 10.0. The summed E-state index contributed by atoms with van der Waals surface area (Å²) in [6.45, 7) is 16.6. The van der Waals surface area contributed by atoms with Crippen molar-refractivity contribution >= 4 is 45.3 Å². The van der Waals surface area contributed by atoms with Gasteiger partial charge in [-0.15, -0.1) is 0 Å². The van der Waals surface area contributed by atoms with E-state index >= 15 is 0 Å². The molecule has 2 unspecified atom stereocenters. The minimum Gasteiger partial charge on any atom is -0.490 e. The van der Waals surface area contributed by atoms with Crippen LogP contribution in [-0.4, -0.2) is 101 Å². The third kappa shape index (κ3) is 75.7. The van der Waals surface area contributed by atoms with Crippen molar-refractivity contribution in [3.63, 3.8) is 0 Å². The van der Waals surface area contributed by atoms with E-state index in [1.807, 2.05) is 0 Å². The van der Waals surface area contributed by atoms with Gasteiger partial charge in [-0.3, -0.25) is 9.59 Å². The second-order valence-electron chi connectivity index (χ2n) is 39.9. The minimum atomic E-state index is -1.08. The summed E-state index contributed by atoms with van der Waals surface area (Å²) in [5, 5.41) is 6.04. The molecular formula is C118H216N2O12S2. The van der Waals surface area contributed by atoms with Gasteiger partial charge in [-0.25, -0.2) is 9.59 Å². The topological polar surface area (TPSA) is 166 Å². The molecule has 0 aliphatic rings. The molecule has 2 rings (SSSR count). The Hall–Kier alpha value is -4.18. The first kappa shape index (κ1) is 126. The molecule has 2 amide bonds. The van der Waals surface area contributed by atoms with Crippen LogP contribution in [0.15, 0.2) is 24.3 Å². The second kappa shape index (κ2) is 99.0. The zero-order valence-corrected chi connectivity index (χ0v) is 90.9. The maximum Gasteiger partial charge on any atom is 0.329 e. The van der Waals surface area contributed by atoms with Gasteiger partial charge in [0, 0.05) is 22.6 Å². The van der Waals surface area contributed by atoms with Gasteiger partial charge in [0.2, 0.25) is 11.5 Å². The molecule has 0 fully saturated rings. The monoisotopic (exact) mass is 1920 g/mol. The molecule has 14 nitrogen and oxygen atoms in total. The number of hydrogen-bond acceptors (Lipinski definition) is 14. The predicted molar refractivity (Wildman–Crippen MR) is 579 cm³/mol. The maximum absolute atomic E-state index is 14.9.